The highest BCUT2D eigenvalue weighted by molar-refractivity contribution is 9.10. The number of hydrogen-bond acceptors (Lipinski definition) is 3. The van der Waals surface area contributed by atoms with Crippen LogP contribution in [0.5, 0.6) is 0 Å². The lowest BCUT2D eigenvalue weighted by Gasteiger charge is -2.19. The van der Waals surface area contributed by atoms with Crippen molar-refractivity contribution in [2.24, 2.45) is 0 Å². The van der Waals surface area contributed by atoms with Crippen LogP contribution < -0.4 is 4.90 Å². The zero-order valence-electron chi connectivity index (χ0n) is 10.1. The van der Waals surface area contributed by atoms with E-state index in [2.05, 4.69) is 27.8 Å². The van der Waals surface area contributed by atoms with Gasteiger partial charge in [-0.15, -0.1) is 0 Å². The average Bonchev–Trinajstić information content (AvgIpc) is 2.29. The van der Waals surface area contributed by atoms with Crippen molar-refractivity contribution in [2.45, 2.75) is 26.2 Å². The number of rotatable bonds is 6. The van der Waals surface area contributed by atoms with Crippen molar-refractivity contribution < 1.29 is 9.90 Å². The number of carboxylic acid groups (broad SMARTS) is 1. The SMILES string of the molecule is CCCCCN(C)c1ncc(Br)cc1C(=O)O. The lowest BCUT2D eigenvalue weighted by atomic mass is 10.2. The summed E-state index contributed by atoms with van der Waals surface area (Å²) in [6.07, 6.45) is 4.96. The zero-order chi connectivity index (χ0) is 12.8. The molecule has 0 unspecified atom stereocenters. The molecule has 0 aliphatic carbocycles. The van der Waals surface area contributed by atoms with Gasteiger partial charge in [0.15, 0.2) is 0 Å². The Morgan fingerprint density at radius 1 is 1.53 bits per heavy atom. The monoisotopic (exact) mass is 300 g/mol. The Morgan fingerprint density at radius 3 is 2.82 bits per heavy atom. The molecular formula is C12H17BrN2O2. The fourth-order valence-electron chi connectivity index (χ4n) is 1.60. The minimum atomic E-state index is -0.948. The van der Waals surface area contributed by atoms with Crippen LogP contribution >= 0.6 is 15.9 Å². The molecule has 1 heterocycles. The summed E-state index contributed by atoms with van der Waals surface area (Å²) < 4.78 is 0.681. The molecule has 1 N–H and O–H groups in total. The Bertz CT molecular complexity index is 396. The third kappa shape index (κ3) is 4.00. The molecule has 0 aromatic carbocycles. The van der Waals surface area contributed by atoms with Crippen LogP contribution in [0.3, 0.4) is 0 Å². The van der Waals surface area contributed by atoms with Gasteiger partial charge in [-0.3, -0.25) is 0 Å². The molecule has 5 heteroatoms. The lowest BCUT2D eigenvalue weighted by Crippen LogP contribution is -2.22. The van der Waals surface area contributed by atoms with Gasteiger partial charge in [0.1, 0.15) is 11.4 Å². The Labute approximate surface area is 110 Å². The smallest absolute Gasteiger partial charge is 0.339 e. The van der Waals surface area contributed by atoms with Gasteiger partial charge < -0.3 is 10.0 Å². The molecule has 4 nitrogen and oxygen atoms in total. The largest absolute Gasteiger partial charge is 0.478 e. The first-order chi connectivity index (χ1) is 8.06. The van der Waals surface area contributed by atoms with E-state index < -0.39 is 5.97 Å². The van der Waals surface area contributed by atoms with Crippen LogP contribution in [0, 0.1) is 0 Å². The van der Waals surface area contributed by atoms with E-state index in [4.69, 9.17) is 5.11 Å². The van der Waals surface area contributed by atoms with E-state index >= 15 is 0 Å². The highest BCUT2D eigenvalue weighted by atomic mass is 79.9. The van der Waals surface area contributed by atoms with Crippen molar-refractivity contribution in [3.05, 3.63) is 22.3 Å². The van der Waals surface area contributed by atoms with Gasteiger partial charge >= 0.3 is 5.97 Å². The van der Waals surface area contributed by atoms with Gasteiger partial charge in [-0.2, -0.15) is 0 Å². The lowest BCUT2D eigenvalue weighted by molar-refractivity contribution is 0.0697. The number of aromatic nitrogens is 1. The van der Waals surface area contributed by atoms with Gasteiger partial charge in [0.2, 0.25) is 0 Å². The van der Waals surface area contributed by atoms with Crippen molar-refractivity contribution in [2.75, 3.05) is 18.5 Å². The Balaban J connectivity index is 2.84. The number of halogens is 1. The fraction of sp³-hybridized carbons (Fsp3) is 0.500. The third-order valence-corrected chi connectivity index (χ3v) is 2.96. The highest BCUT2D eigenvalue weighted by Crippen LogP contribution is 2.21. The van der Waals surface area contributed by atoms with Gasteiger partial charge in [0.25, 0.3) is 0 Å². The molecule has 1 aromatic rings. The van der Waals surface area contributed by atoms with Gasteiger partial charge in [0, 0.05) is 24.3 Å². The number of anilines is 1. The molecule has 0 aliphatic heterocycles. The molecule has 1 rings (SSSR count). The van der Waals surface area contributed by atoms with Crippen molar-refractivity contribution in [3.8, 4) is 0 Å². The van der Waals surface area contributed by atoms with Crippen LogP contribution in [0.2, 0.25) is 0 Å². The summed E-state index contributed by atoms with van der Waals surface area (Å²) in [5, 5.41) is 9.12. The van der Waals surface area contributed by atoms with E-state index in [1.54, 1.807) is 12.3 Å². The Morgan fingerprint density at radius 2 is 2.24 bits per heavy atom. The second kappa shape index (κ2) is 6.59. The quantitative estimate of drug-likeness (QED) is 0.820. The van der Waals surface area contributed by atoms with Crippen molar-refractivity contribution in [3.63, 3.8) is 0 Å². The summed E-state index contributed by atoms with van der Waals surface area (Å²) in [5.41, 5.74) is 0.235. The van der Waals surface area contributed by atoms with Crippen LogP contribution in [0.4, 0.5) is 5.82 Å². The molecule has 0 spiro atoms. The second-order valence-electron chi connectivity index (χ2n) is 3.96. The molecule has 0 amide bonds. The standard InChI is InChI=1S/C12H17BrN2O2/c1-3-4-5-6-15(2)11-10(12(16)17)7-9(13)8-14-11/h7-8H,3-6H2,1-2H3,(H,16,17). The molecule has 0 aliphatic rings. The minimum absolute atomic E-state index is 0.235. The summed E-state index contributed by atoms with van der Waals surface area (Å²) in [6, 6.07) is 1.58. The van der Waals surface area contributed by atoms with E-state index in [0.717, 1.165) is 25.8 Å². The number of aromatic carboxylic acids is 1. The van der Waals surface area contributed by atoms with Gasteiger partial charge in [-0.1, -0.05) is 19.8 Å². The number of nitrogens with zero attached hydrogens (tertiary/aromatic N) is 2. The number of carboxylic acids is 1. The summed E-state index contributed by atoms with van der Waals surface area (Å²) in [4.78, 5) is 17.2. The maximum Gasteiger partial charge on any atom is 0.339 e. The minimum Gasteiger partial charge on any atom is -0.478 e. The second-order valence-corrected chi connectivity index (χ2v) is 4.87. The number of unbranched alkanes of at least 4 members (excludes halogenated alkanes) is 2. The molecule has 1 aromatic heterocycles. The summed E-state index contributed by atoms with van der Waals surface area (Å²) in [7, 11) is 1.87. The molecule has 0 bridgehead atoms. The maximum absolute atomic E-state index is 11.1. The van der Waals surface area contributed by atoms with Crippen LogP contribution in [0.15, 0.2) is 16.7 Å². The van der Waals surface area contributed by atoms with Crippen LogP contribution in [0.1, 0.15) is 36.5 Å². The predicted octanol–water partition coefficient (Wildman–Crippen LogP) is 3.17. The predicted molar refractivity (Wildman–Crippen MR) is 71.7 cm³/mol. The van der Waals surface area contributed by atoms with Gasteiger partial charge in [-0.05, 0) is 28.4 Å². The number of pyridine rings is 1. The summed E-state index contributed by atoms with van der Waals surface area (Å²) in [6.45, 7) is 2.96. The first-order valence-electron chi connectivity index (χ1n) is 5.66. The summed E-state index contributed by atoms with van der Waals surface area (Å²) >= 11 is 3.23. The number of hydrogen-bond donors (Lipinski definition) is 1. The molecule has 17 heavy (non-hydrogen) atoms. The van der Waals surface area contributed by atoms with Crippen molar-refractivity contribution >= 4 is 27.7 Å². The molecule has 0 saturated carbocycles. The van der Waals surface area contributed by atoms with Gasteiger partial charge in [0.05, 0.1) is 0 Å². The van der Waals surface area contributed by atoms with Gasteiger partial charge in [-0.25, -0.2) is 9.78 Å². The molecule has 0 fully saturated rings. The fourth-order valence-corrected chi connectivity index (χ4v) is 1.93. The van der Waals surface area contributed by atoms with E-state index in [0.29, 0.717) is 10.3 Å². The summed E-state index contributed by atoms with van der Waals surface area (Å²) in [5.74, 6) is -0.423. The average molecular weight is 301 g/mol. The Hall–Kier alpha value is -1.10. The molecule has 0 radical (unpaired) electrons. The normalized spacial score (nSPS) is 10.3. The van der Waals surface area contributed by atoms with Crippen LogP contribution in [-0.4, -0.2) is 29.7 Å². The van der Waals surface area contributed by atoms with Crippen LogP contribution in [0.25, 0.3) is 0 Å². The van der Waals surface area contributed by atoms with Crippen LogP contribution in [-0.2, 0) is 0 Å². The molecule has 94 valence electrons. The van der Waals surface area contributed by atoms with Crippen molar-refractivity contribution in [1.82, 2.24) is 4.98 Å². The highest BCUT2D eigenvalue weighted by Gasteiger charge is 2.15. The van der Waals surface area contributed by atoms with E-state index in [1.807, 2.05) is 11.9 Å². The third-order valence-electron chi connectivity index (χ3n) is 2.52. The van der Waals surface area contributed by atoms with Crippen molar-refractivity contribution in [1.29, 1.82) is 0 Å². The zero-order valence-corrected chi connectivity index (χ0v) is 11.7. The molecular weight excluding hydrogens is 284 g/mol. The molecule has 0 saturated heterocycles. The molecule has 0 atom stereocenters. The van der Waals surface area contributed by atoms with E-state index in [-0.39, 0.29) is 5.56 Å². The first-order valence-corrected chi connectivity index (χ1v) is 6.45. The number of carbonyl (C=O) groups is 1. The maximum atomic E-state index is 11.1. The topological polar surface area (TPSA) is 53.4 Å². The van der Waals surface area contributed by atoms with E-state index in [1.165, 1.54) is 0 Å². The first kappa shape index (κ1) is 14.0. The van der Waals surface area contributed by atoms with E-state index in [9.17, 15) is 4.79 Å². The Kier molecular flexibility index (Phi) is 5.41.